The van der Waals surface area contributed by atoms with Crippen LogP contribution in [-0.2, 0) is 16.0 Å². The van der Waals surface area contributed by atoms with Crippen molar-refractivity contribution < 1.29 is 24.2 Å². The normalized spacial score (nSPS) is 15.8. The van der Waals surface area contributed by atoms with E-state index in [0.29, 0.717) is 19.5 Å². The van der Waals surface area contributed by atoms with E-state index in [0.717, 1.165) is 5.56 Å². The average molecular weight is 377 g/mol. The first-order chi connectivity index (χ1) is 12.7. The predicted octanol–water partition coefficient (Wildman–Crippen LogP) is 1.94. The maximum atomic E-state index is 13.0. The molecule has 2 N–H and O–H groups in total. The molecule has 0 aromatic heterocycles. The summed E-state index contributed by atoms with van der Waals surface area (Å²) in [5, 5.41) is 11.7. The lowest BCUT2D eigenvalue weighted by atomic mass is 10.0. The number of rotatable bonds is 4. The van der Waals surface area contributed by atoms with Gasteiger partial charge in [-0.15, -0.1) is 0 Å². The molecule has 1 saturated heterocycles. The summed E-state index contributed by atoms with van der Waals surface area (Å²) in [5.74, 6) is -0.241. The van der Waals surface area contributed by atoms with Crippen LogP contribution in [0, 0.1) is 0 Å². The number of hydrogen-bond donors (Lipinski definition) is 2. The minimum absolute atomic E-state index is 0.241. The van der Waals surface area contributed by atoms with Crippen molar-refractivity contribution in [3.05, 3.63) is 35.9 Å². The summed E-state index contributed by atoms with van der Waals surface area (Å²) in [6, 6.07) is 8.62. The molecule has 2 rings (SSSR count). The van der Waals surface area contributed by atoms with Crippen LogP contribution in [0.25, 0.3) is 0 Å². The van der Waals surface area contributed by atoms with Crippen LogP contribution >= 0.6 is 0 Å². The maximum absolute atomic E-state index is 13.0. The number of carbonyl (C=O) groups excluding carboxylic acids is 2. The number of alkyl carbamates (subject to hydrolysis) is 1. The zero-order valence-corrected chi connectivity index (χ0v) is 16.0. The molecular weight excluding hydrogens is 350 g/mol. The summed E-state index contributed by atoms with van der Waals surface area (Å²) in [6.07, 6.45) is -1.31. The number of hydrogen-bond acceptors (Lipinski definition) is 4. The lowest BCUT2D eigenvalue weighted by Crippen LogP contribution is -2.56. The van der Waals surface area contributed by atoms with E-state index >= 15 is 0 Å². The summed E-state index contributed by atoms with van der Waals surface area (Å²) in [6.45, 7) is 6.37. The van der Waals surface area contributed by atoms with Crippen molar-refractivity contribution in [2.24, 2.45) is 0 Å². The summed E-state index contributed by atoms with van der Waals surface area (Å²) < 4.78 is 5.29. The summed E-state index contributed by atoms with van der Waals surface area (Å²) in [4.78, 5) is 39.1. The van der Waals surface area contributed by atoms with Gasteiger partial charge in [-0.05, 0) is 26.3 Å². The molecule has 1 atom stereocenters. The number of ether oxygens (including phenoxy) is 1. The molecule has 148 valence electrons. The lowest BCUT2D eigenvalue weighted by Gasteiger charge is -2.35. The third kappa shape index (κ3) is 6.47. The van der Waals surface area contributed by atoms with Gasteiger partial charge >= 0.3 is 12.2 Å². The molecule has 1 aliphatic heterocycles. The molecule has 1 aromatic rings. The maximum Gasteiger partial charge on any atom is 0.408 e. The van der Waals surface area contributed by atoms with Crippen LogP contribution < -0.4 is 5.32 Å². The van der Waals surface area contributed by atoms with Crippen LogP contribution in [0.1, 0.15) is 26.3 Å². The standard InChI is InChI=1S/C19H27N3O5/c1-19(2,3)27-17(24)20-15(13-14-7-5-4-6-8-14)16(23)21-9-11-22(12-10-21)18(25)26/h4-8,15H,9-13H2,1-3H3,(H,20,24)(H,25,26)/t15-/m0/s1. The van der Waals surface area contributed by atoms with Gasteiger partial charge in [0.25, 0.3) is 0 Å². The smallest absolute Gasteiger partial charge is 0.408 e. The van der Waals surface area contributed by atoms with Crippen LogP contribution in [0.5, 0.6) is 0 Å². The first-order valence-corrected chi connectivity index (χ1v) is 8.96. The molecule has 0 bridgehead atoms. The number of piperazine rings is 1. The zero-order valence-electron chi connectivity index (χ0n) is 16.0. The van der Waals surface area contributed by atoms with Gasteiger partial charge in [0.1, 0.15) is 11.6 Å². The minimum Gasteiger partial charge on any atom is -0.465 e. The third-order valence-corrected chi connectivity index (χ3v) is 4.13. The van der Waals surface area contributed by atoms with E-state index in [-0.39, 0.29) is 19.0 Å². The Morgan fingerprint density at radius 1 is 1.07 bits per heavy atom. The van der Waals surface area contributed by atoms with Gasteiger partial charge in [0.15, 0.2) is 0 Å². The van der Waals surface area contributed by atoms with Crippen LogP contribution in [0.2, 0.25) is 0 Å². The highest BCUT2D eigenvalue weighted by molar-refractivity contribution is 5.86. The Labute approximate surface area is 159 Å². The van der Waals surface area contributed by atoms with Gasteiger partial charge in [0, 0.05) is 32.6 Å². The monoisotopic (exact) mass is 377 g/mol. The first kappa shape index (κ1) is 20.5. The lowest BCUT2D eigenvalue weighted by molar-refractivity contribution is -0.135. The predicted molar refractivity (Wildman–Crippen MR) is 99.5 cm³/mol. The van der Waals surface area contributed by atoms with Crippen molar-refractivity contribution in [3.63, 3.8) is 0 Å². The van der Waals surface area contributed by atoms with Gasteiger partial charge in [-0.25, -0.2) is 9.59 Å². The van der Waals surface area contributed by atoms with Crippen LogP contribution in [0.4, 0.5) is 9.59 Å². The fourth-order valence-corrected chi connectivity index (χ4v) is 2.84. The van der Waals surface area contributed by atoms with Crippen molar-refractivity contribution in [2.75, 3.05) is 26.2 Å². The Balaban J connectivity index is 2.07. The van der Waals surface area contributed by atoms with Crippen molar-refractivity contribution in [1.82, 2.24) is 15.1 Å². The molecule has 0 unspecified atom stereocenters. The number of nitrogens with zero attached hydrogens (tertiary/aromatic N) is 2. The molecule has 1 aliphatic rings. The molecule has 0 aliphatic carbocycles. The summed E-state index contributed by atoms with van der Waals surface area (Å²) in [5.41, 5.74) is 0.244. The minimum atomic E-state index is -0.991. The highest BCUT2D eigenvalue weighted by Crippen LogP contribution is 2.11. The first-order valence-electron chi connectivity index (χ1n) is 8.96. The molecule has 1 heterocycles. The molecule has 0 saturated carbocycles. The van der Waals surface area contributed by atoms with Crippen molar-refractivity contribution >= 4 is 18.1 Å². The second kappa shape index (κ2) is 8.75. The summed E-state index contributed by atoms with van der Waals surface area (Å²) in [7, 11) is 0. The SMILES string of the molecule is CC(C)(C)OC(=O)N[C@@H](Cc1ccccc1)C(=O)N1CCN(C(=O)O)CC1. The Hall–Kier alpha value is -2.77. The number of benzene rings is 1. The topological polar surface area (TPSA) is 99.2 Å². The van der Waals surface area contributed by atoms with E-state index in [2.05, 4.69) is 5.32 Å². The number of amides is 3. The second-order valence-electron chi connectivity index (χ2n) is 7.48. The Bertz CT molecular complexity index is 664. The van der Waals surface area contributed by atoms with E-state index < -0.39 is 23.8 Å². The zero-order chi connectivity index (χ0) is 20.0. The fraction of sp³-hybridized carbons (Fsp3) is 0.526. The van der Waals surface area contributed by atoms with E-state index in [4.69, 9.17) is 9.84 Å². The fourth-order valence-electron chi connectivity index (χ4n) is 2.84. The molecule has 8 heteroatoms. The van der Waals surface area contributed by atoms with Gasteiger partial charge in [-0.3, -0.25) is 4.79 Å². The van der Waals surface area contributed by atoms with Crippen molar-refractivity contribution in [3.8, 4) is 0 Å². The molecule has 3 amide bonds. The third-order valence-electron chi connectivity index (χ3n) is 4.13. The van der Waals surface area contributed by atoms with Crippen LogP contribution in [0.15, 0.2) is 30.3 Å². The molecular formula is C19H27N3O5. The van der Waals surface area contributed by atoms with E-state index in [1.165, 1.54) is 4.90 Å². The number of carboxylic acid groups (broad SMARTS) is 1. The van der Waals surface area contributed by atoms with Crippen molar-refractivity contribution in [1.29, 1.82) is 0 Å². The molecule has 1 aromatic carbocycles. The summed E-state index contributed by atoms with van der Waals surface area (Å²) >= 11 is 0. The molecule has 0 radical (unpaired) electrons. The number of carbonyl (C=O) groups is 3. The van der Waals surface area contributed by atoms with E-state index in [1.54, 1.807) is 25.7 Å². The van der Waals surface area contributed by atoms with Gasteiger partial charge in [0.2, 0.25) is 5.91 Å². The Kier molecular flexibility index (Phi) is 6.65. The highest BCUT2D eigenvalue weighted by Gasteiger charge is 2.31. The highest BCUT2D eigenvalue weighted by atomic mass is 16.6. The Morgan fingerprint density at radius 2 is 1.63 bits per heavy atom. The van der Waals surface area contributed by atoms with Crippen LogP contribution in [0.3, 0.4) is 0 Å². The molecule has 1 fully saturated rings. The van der Waals surface area contributed by atoms with Gasteiger partial charge < -0.3 is 25.0 Å². The molecule has 27 heavy (non-hydrogen) atoms. The second-order valence-corrected chi connectivity index (χ2v) is 7.48. The van der Waals surface area contributed by atoms with Crippen molar-refractivity contribution in [2.45, 2.75) is 38.8 Å². The van der Waals surface area contributed by atoms with Gasteiger partial charge in [0.05, 0.1) is 0 Å². The average Bonchev–Trinajstić information content (AvgIpc) is 2.60. The van der Waals surface area contributed by atoms with Gasteiger partial charge in [-0.1, -0.05) is 30.3 Å². The van der Waals surface area contributed by atoms with E-state index in [1.807, 2.05) is 30.3 Å². The Morgan fingerprint density at radius 3 is 2.15 bits per heavy atom. The molecule has 0 spiro atoms. The molecule has 8 nitrogen and oxygen atoms in total. The van der Waals surface area contributed by atoms with Gasteiger partial charge in [-0.2, -0.15) is 0 Å². The number of nitrogens with one attached hydrogen (secondary N) is 1. The quantitative estimate of drug-likeness (QED) is 0.835. The largest absolute Gasteiger partial charge is 0.465 e. The van der Waals surface area contributed by atoms with E-state index in [9.17, 15) is 14.4 Å². The van der Waals surface area contributed by atoms with Crippen LogP contribution in [-0.4, -0.2) is 70.8 Å².